The molecule has 0 aliphatic heterocycles. The van der Waals surface area contributed by atoms with Gasteiger partial charge in [0.25, 0.3) is 0 Å². The third-order valence-corrected chi connectivity index (χ3v) is 5.96. The first-order valence-electron chi connectivity index (χ1n) is 10.2. The van der Waals surface area contributed by atoms with Crippen LogP contribution in [0.1, 0.15) is 52.5 Å². The van der Waals surface area contributed by atoms with Gasteiger partial charge in [0.05, 0.1) is 16.9 Å². The summed E-state index contributed by atoms with van der Waals surface area (Å²) < 4.78 is 16.6. The van der Waals surface area contributed by atoms with E-state index < -0.39 is 5.82 Å². The van der Waals surface area contributed by atoms with Crippen LogP contribution in [0.4, 0.5) is 22.0 Å². The van der Waals surface area contributed by atoms with Crippen molar-refractivity contribution in [2.75, 3.05) is 10.6 Å². The molecule has 1 aliphatic rings. The summed E-state index contributed by atoms with van der Waals surface area (Å²) in [5, 5.41) is 6.77. The largest absolute Gasteiger partial charge is 0.352 e. The molecule has 6 nitrogen and oxygen atoms in total. The molecule has 0 bridgehead atoms. The highest BCUT2D eigenvalue weighted by atomic mass is 35.5. The fourth-order valence-electron chi connectivity index (χ4n) is 3.93. The Bertz CT molecular complexity index is 1040. The Morgan fingerprint density at radius 3 is 2.53 bits per heavy atom. The number of nitrogens with one attached hydrogen (secondary N) is 2. The number of rotatable bonds is 5. The van der Waals surface area contributed by atoms with Crippen molar-refractivity contribution in [2.24, 2.45) is 5.92 Å². The van der Waals surface area contributed by atoms with Gasteiger partial charge < -0.3 is 10.6 Å². The fourth-order valence-corrected chi connectivity index (χ4v) is 4.44. The van der Waals surface area contributed by atoms with E-state index in [2.05, 4.69) is 32.1 Å². The smallest absolute Gasteiger partial charge is 0.224 e. The number of nitrogens with zero attached hydrogens (tertiary/aromatic N) is 4. The van der Waals surface area contributed by atoms with Crippen LogP contribution in [0, 0.1) is 11.7 Å². The molecule has 1 saturated carbocycles. The number of anilines is 3. The lowest BCUT2D eigenvalue weighted by Gasteiger charge is -2.28. The zero-order valence-corrected chi connectivity index (χ0v) is 18.7. The maximum atomic E-state index is 14.6. The maximum absolute atomic E-state index is 14.6. The van der Waals surface area contributed by atoms with Crippen molar-refractivity contribution in [1.29, 1.82) is 0 Å². The molecule has 0 spiro atoms. The van der Waals surface area contributed by atoms with Crippen molar-refractivity contribution in [3.05, 3.63) is 34.2 Å². The Morgan fingerprint density at radius 1 is 1.13 bits per heavy atom. The molecule has 3 aromatic rings. The Hall–Kier alpha value is -2.12. The summed E-state index contributed by atoms with van der Waals surface area (Å²) in [6.07, 6.45) is 5.97. The third kappa shape index (κ3) is 4.32. The van der Waals surface area contributed by atoms with Crippen molar-refractivity contribution in [3.8, 4) is 0 Å². The monoisotopic (exact) mass is 450 g/mol. The van der Waals surface area contributed by atoms with Crippen molar-refractivity contribution < 1.29 is 4.39 Å². The van der Waals surface area contributed by atoms with Crippen LogP contribution in [0.25, 0.3) is 11.2 Å². The van der Waals surface area contributed by atoms with Gasteiger partial charge in [0.1, 0.15) is 11.3 Å². The zero-order chi connectivity index (χ0) is 21.4. The van der Waals surface area contributed by atoms with Crippen LogP contribution in [0.3, 0.4) is 0 Å². The molecule has 1 aliphatic carbocycles. The van der Waals surface area contributed by atoms with Crippen LogP contribution in [0.15, 0.2) is 18.3 Å². The maximum Gasteiger partial charge on any atom is 0.224 e. The Kier molecular flexibility index (Phi) is 6.02. The van der Waals surface area contributed by atoms with Gasteiger partial charge in [0.2, 0.25) is 11.9 Å². The second-order valence-corrected chi connectivity index (χ2v) is 9.13. The minimum atomic E-state index is -0.531. The molecule has 9 heteroatoms. The van der Waals surface area contributed by atoms with E-state index >= 15 is 0 Å². The number of hydrogen-bond donors (Lipinski definition) is 2. The molecule has 0 radical (unpaired) electrons. The highest BCUT2D eigenvalue weighted by Crippen LogP contribution is 2.38. The van der Waals surface area contributed by atoms with Crippen LogP contribution < -0.4 is 10.6 Å². The Morgan fingerprint density at radius 2 is 1.87 bits per heavy atom. The zero-order valence-electron chi connectivity index (χ0n) is 17.2. The highest BCUT2D eigenvalue weighted by molar-refractivity contribution is 6.36. The standard InChI is InChI=1S/C21H25Cl2FN6/c1-11(2)26-20-25-10-17-19(29-20)30(14-6-4-12(3)5-7-14)21(27-17)28-18-15(23)8-13(22)9-16(18)24/h8-12,14H,4-7H2,1-3H3,(H,27,28)(H,25,26,29). The van der Waals surface area contributed by atoms with Crippen LogP contribution in [-0.2, 0) is 0 Å². The van der Waals surface area contributed by atoms with Crippen molar-refractivity contribution >= 4 is 51.9 Å². The van der Waals surface area contributed by atoms with Crippen molar-refractivity contribution in [1.82, 2.24) is 19.5 Å². The fraction of sp³-hybridized carbons (Fsp3) is 0.476. The molecule has 1 aromatic carbocycles. The van der Waals surface area contributed by atoms with Gasteiger partial charge in [-0.25, -0.2) is 14.4 Å². The van der Waals surface area contributed by atoms with Gasteiger partial charge in [0, 0.05) is 17.1 Å². The summed E-state index contributed by atoms with van der Waals surface area (Å²) in [4.78, 5) is 13.8. The lowest BCUT2D eigenvalue weighted by molar-refractivity contribution is 0.295. The van der Waals surface area contributed by atoms with Crippen LogP contribution in [0.5, 0.6) is 0 Å². The van der Waals surface area contributed by atoms with Gasteiger partial charge >= 0.3 is 0 Å². The van der Waals surface area contributed by atoms with E-state index in [0.717, 1.165) is 31.3 Å². The highest BCUT2D eigenvalue weighted by Gasteiger charge is 2.26. The molecule has 160 valence electrons. The summed E-state index contributed by atoms with van der Waals surface area (Å²) in [6.45, 7) is 6.34. The molecule has 0 unspecified atom stereocenters. The van der Waals surface area contributed by atoms with Gasteiger partial charge in [-0.3, -0.25) is 4.57 Å². The molecule has 4 rings (SSSR count). The van der Waals surface area contributed by atoms with E-state index in [1.807, 2.05) is 13.8 Å². The number of halogens is 3. The summed E-state index contributed by atoms with van der Waals surface area (Å²) in [6, 6.07) is 3.16. The van der Waals surface area contributed by atoms with E-state index in [4.69, 9.17) is 28.2 Å². The van der Waals surface area contributed by atoms with Crippen molar-refractivity contribution in [3.63, 3.8) is 0 Å². The molecule has 1 fully saturated rings. The van der Waals surface area contributed by atoms with Crippen LogP contribution >= 0.6 is 23.2 Å². The summed E-state index contributed by atoms with van der Waals surface area (Å²) in [7, 11) is 0. The molecule has 30 heavy (non-hydrogen) atoms. The summed E-state index contributed by atoms with van der Waals surface area (Å²) >= 11 is 12.2. The lowest BCUT2D eigenvalue weighted by Crippen LogP contribution is -2.19. The molecule has 2 N–H and O–H groups in total. The molecule has 0 amide bonds. The van der Waals surface area contributed by atoms with Crippen LogP contribution in [0.2, 0.25) is 10.0 Å². The second kappa shape index (κ2) is 8.55. The van der Waals surface area contributed by atoms with E-state index in [-0.39, 0.29) is 27.8 Å². The molecular formula is C21H25Cl2FN6. The topological polar surface area (TPSA) is 67.7 Å². The lowest BCUT2D eigenvalue weighted by atomic mass is 9.87. The number of hydrogen-bond acceptors (Lipinski definition) is 5. The first kappa shape index (κ1) is 21.1. The average Bonchev–Trinajstić information content (AvgIpc) is 3.02. The molecule has 2 heterocycles. The Balaban J connectivity index is 1.81. The predicted molar refractivity (Wildman–Crippen MR) is 120 cm³/mol. The number of aromatic nitrogens is 4. The third-order valence-electron chi connectivity index (χ3n) is 5.44. The average molecular weight is 451 g/mol. The number of fused-ring (bicyclic) bond motifs is 1. The quantitative estimate of drug-likeness (QED) is 0.458. The van der Waals surface area contributed by atoms with Crippen molar-refractivity contribution in [2.45, 2.75) is 58.5 Å². The SMILES string of the molecule is CC1CCC(n2c(Nc3c(F)cc(Cl)cc3Cl)nc3cnc(NC(C)C)nc32)CC1. The number of benzene rings is 1. The van der Waals surface area contributed by atoms with E-state index in [0.29, 0.717) is 23.3 Å². The molecule has 0 saturated heterocycles. The van der Waals surface area contributed by atoms with Gasteiger partial charge in [-0.05, 0) is 57.6 Å². The van der Waals surface area contributed by atoms with Gasteiger partial charge in [0.15, 0.2) is 5.65 Å². The molecular weight excluding hydrogens is 426 g/mol. The Labute approximate surface area is 185 Å². The van der Waals surface area contributed by atoms with E-state index in [1.54, 1.807) is 6.20 Å². The second-order valence-electron chi connectivity index (χ2n) is 8.29. The van der Waals surface area contributed by atoms with E-state index in [1.165, 1.54) is 12.1 Å². The van der Waals surface area contributed by atoms with Gasteiger partial charge in [-0.15, -0.1) is 0 Å². The van der Waals surface area contributed by atoms with Gasteiger partial charge in [-0.1, -0.05) is 30.1 Å². The van der Waals surface area contributed by atoms with Gasteiger partial charge in [-0.2, -0.15) is 4.98 Å². The summed E-state index contributed by atoms with van der Waals surface area (Å²) in [5.41, 5.74) is 1.52. The first-order chi connectivity index (χ1) is 14.3. The molecule has 0 atom stereocenters. The predicted octanol–water partition coefficient (Wildman–Crippen LogP) is 6.59. The number of imidazole rings is 1. The first-order valence-corrected chi connectivity index (χ1v) is 11.0. The minimum Gasteiger partial charge on any atom is -0.352 e. The normalized spacial score (nSPS) is 19.4. The minimum absolute atomic E-state index is 0.148. The molecule has 2 aromatic heterocycles. The van der Waals surface area contributed by atoms with E-state index in [9.17, 15) is 4.39 Å². The summed E-state index contributed by atoms with van der Waals surface area (Å²) in [5.74, 6) is 1.22. The van der Waals surface area contributed by atoms with Crippen LogP contribution in [-0.4, -0.2) is 25.6 Å².